The summed E-state index contributed by atoms with van der Waals surface area (Å²) in [4.78, 5) is 27.9. The summed E-state index contributed by atoms with van der Waals surface area (Å²) in [5.74, 6) is -0.474. The van der Waals surface area contributed by atoms with Crippen LogP contribution in [-0.4, -0.2) is 28.9 Å². The predicted molar refractivity (Wildman–Crippen MR) is 133 cm³/mol. The molecule has 1 heterocycles. The first-order chi connectivity index (χ1) is 16.2. The van der Waals surface area contributed by atoms with Gasteiger partial charge in [0.15, 0.2) is 10.6 Å². The average molecular weight is 492 g/mol. The maximum Gasteiger partial charge on any atom is 0.270 e. The van der Waals surface area contributed by atoms with Crippen molar-refractivity contribution in [2.24, 2.45) is 0 Å². The molecule has 0 spiro atoms. The first-order valence-corrected chi connectivity index (χ1v) is 12.2. The smallest absolute Gasteiger partial charge is 0.270 e. The minimum absolute atomic E-state index is 0.00710. The van der Waals surface area contributed by atoms with Gasteiger partial charge in [-0.1, -0.05) is 48.0 Å². The van der Waals surface area contributed by atoms with Crippen LogP contribution in [0.5, 0.6) is 0 Å². The molecule has 0 aliphatic rings. The topological polar surface area (TPSA) is 101 Å². The lowest BCUT2D eigenvalue weighted by Crippen LogP contribution is -2.20. The van der Waals surface area contributed by atoms with Gasteiger partial charge in [0, 0.05) is 16.8 Å². The van der Waals surface area contributed by atoms with E-state index in [9.17, 15) is 18.0 Å². The summed E-state index contributed by atoms with van der Waals surface area (Å²) >= 11 is 5.37. The number of aromatic amines is 1. The monoisotopic (exact) mass is 491 g/mol. The molecule has 34 heavy (non-hydrogen) atoms. The summed E-state index contributed by atoms with van der Waals surface area (Å²) in [5.41, 5.74) is 2.13. The lowest BCUT2D eigenvalue weighted by Gasteiger charge is -2.12. The van der Waals surface area contributed by atoms with E-state index >= 15 is 0 Å². The minimum atomic E-state index is -4.18. The highest BCUT2D eigenvalue weighted by atomic mass is 32.2. The molecule has 4 rings (SSSR count). The predicted octanol–water partition coefficient (Wildman–Crippen LogP) is 5.27. The second-order valence-corrected chi connectivity index (χ2v) is 9.86. The second kappa shape index (κ2) is 9.20. The standard InChI is InChI=1S/C25H21N3O4S2/c1-16-8-14-21(15-9-16)34(31,32)28-22(23(30)19-6-4-3-5-7-19)24(27-25(28)33)26-20-12-10-18(11-13-20)17(2)29/h3-15,26H,1-2H3,(H,27,33). The van der Waals surface area contributed by atoms with E-state index in [1.54, 1.807) is 66.7 Å². The van der Waals surface area contributed by atoms with E-state index in [0.29, 0.717) is 16.8 Å². The number of imidazole rings is 1. The number of anilines is 2. The number of aromatic nitrogens is 2. The lowest BCUT2D eigenvalue weighted by atomic mass is 10.1. The van der Waals surface area contributed by atoms with Crippen LogP contribution in [0.15, 0.2) is 83.8 Å². The largest absolute Gasteiger partial charge is 0.340 e. The molecule has 0 aliphatic heterocycles. The van der Waals surface area contributed by atoms with E-state index in [2.05, 4.69) is 10.3 Å². The number of aryl methyl sites for hydroxylation is 1. The second-order valence-electron chi connectivity index (χ2n) is 7.69. The SMILES string of the molecule is CC(=O)c1ccc(Nc2[nH]c(=S)n(S(=O)(=O)c3ccc(C)cc3)c2C(=O)c2ccccc2)cc1. The van der Waals surface area contributed by atoms with Crippen LogP contribution in [-0.2, 0) is 10.0 Å². The number of H-pyrrole nitrogens is 1. The fourth-order valence-corrected chi connectivity index (χ4v) is 5.28. The Morgan fingerprint density at radius 1 is 0.882 bits per heavy atom. The lowest BCUT2D eigenvalue weighted by molar-refractivity contribution is 0.101. The molecule has 0 unspecified atom stereocenters. The summed E-state index contributed by atoms with van der Waals surface area (Å²) in [6.45, 7) is 3.31. The van der Waals surface area contributed by atoms with Crippen molar-refractivity contribution in [1.29, 1.82) is 0 Å². The minimum Gasteiger partial charge on any atom is -0.340 e. The average Bonchev–Trinajstić information content (AvgIpc) is 3.16. The number of hydrogen-bond acceptors (Lipinski definition) is 6. The number of ketones is 2. The summed E-state index contributed by atoms with van der Waals surface area (Å²) < 4.78 is 27.8. The van der Waals surface area contributed by atoms with Crippen molar-refractivity contribution in [3.8, 4) is 0 Å². The third-order valence-electron chi connectivity index (χ3n) is 5.23. The van der Waals surface area contributed by atoms with Crippen molar-refractivity contribution in [3.05, 3.63) is 106 Å². The maximum absolute atomic E-state index is 13.6. The Morgan fingerprint density at radius 2 is 1.50 bits per heavy atom. The molecule has 0 amide bonds. The molecule has 0 saturated carbocycles. The fraction of sp³-hybridized carbons (Fsp3) is 0.0800. The van der Waals surface area contributed by atoms with Gasteiger partial charge in [0.05, 0.1) is 4.90 Å². The van der Waals surface area contributed by atoms with Gasteiger partial charge in [0.1, 0.15) is 11.5 Å². The van der Waals surface area contributed by atoms with Gasteiger partial charge in [0.2, 0.25) is 5.78 Å². The van der Waals surface area contributed by atoms with E-state index in [1.165, 1.54) is 19.1 Å². The van der Waals surface area contributed by atoms with Gasteiger partial charge in [-0.15, -0.1) is 0 Å². The van der Waals surface area contributed by atoms with Crippen LogP contribution in [0.3, 0.4) is 0 Å². The van der Waals surface area contributed by atoms with Crippen LogP contribution in [0, 0.1) is 11.7 Å². The molecule has 0 saturated heterocycles. The molecule has 1 aromatic heterocycles. The number of hydrogen-bond donors (Lipinski definition) is 2. The van der Waals surface area contributed by atoms with Gasteiger partial charge in [0.25, 0.3) is 10.0 Å². The summed E-state index contributed by atoms with van der Waals surface area (Å²) in [5, 5.41) is 3.04. The molecule has 2 N–H and O–H groups in total. The van der Waals surface area contributed by atoms with Gasteiger partial charge in [-0.25, -0.2) is 12.4 Å². The van der Waals surface area contributed by atoms with Gasteiger partial charge >= 0.3 is 0 Å². The molecule has 3 aromatic carbocycles. The molecule has 9 heteroatoms. The number of benzene rings is 3. The van der Waals surface area contributed by atoms with Crippen LogP contribution in [0.2, 0.25) is 0 Å². The van der Waals surface area contributed by atoms with Crippen LogP contribution < -0.4 is 5.32 Å². The molecule has 4 aromatic rings. The van der Waals surface area contributed by atoms with Crippen LogP contribution in [0.25, 0.3) is 0 Å². The third-order valence-corrected chi connectivity index (χ3v) is 7.34. The molecular weight excluding hydrogens is 470 g/mol. The van der Waals surface area contributed by atoms with E-state index in [1.807, 2.05) is 6.92 Å². The van der Waals surface area contributed by atoms with Crippen molar-refractivity contribution in [3.63, 3.8) is 0 Å². The van der Waals surface area contributed by atoms with Crippen molar-refractivity contribution in [2.45, 2.75) is 18.7 Å². The zero-order valence-electron chi connectivity index (χ0n) is 18.4. The van der Waals surface area contributed by atoms with E-state index in [-0.39, 0.29) is 27.0 Å². The Balaban J connectivity index is 1.89. The molecule has 172 valence electrons. The highest BCUT2D eigenvalue weighted by Gasteiger charge is 2.29. The molecule has 7 nitrogen and oxygen atoms in total. The van der Waals surface area contributed by atoms with Crippen molar-refractivity contribution in [2.75, 3.05) is 5.32 Å². The molecule has 0 radical (unpaired) electrons. The van der Waals surface area contributed by atoms with Crippen molar-refractivity contribution >= 4 is 45.3 Å². The molecule has 0 aliphatic carbocycles. The number of Topliss-reactive ketones (excluding diaryl/α,β-unsaturated/α-hetero) is 1. The summed E-state index contributed by atoms with van der Waals surface area (Å²) in [7, 11) is -4.18. The highest BCUT2D eigenvalue weighted by Crippen LogP contribution is 2.27. The summed E-state index contributed by atoms with van der Waals surface area (Å²) in [6.07, 6.45) is 0. The van der Waals surface area contributed by atoms with Crippen molar-refractivity contribution < 1.29 is 18.0 Å². The number of nitrogens with zero attached hydrogens (tertiary/aromatic N) is 1. The Labute approximate surface area is 202 Å². The van der Waals surface area contributed by atoms with Crippen molar-refractivity contribution in [1.82, 2.24) is 8.96 Å². The first-order valence-electron chi connectivity index (χ1n) is 10.3. The van der Waals surface area contributed by atoms with Crippen LogP contribution >= 0.6 is 12.2 Å². The Bertz CT molecular complexity index is 1530. The van der Waals surface area contributed by atoms with Crippen LogP contribution in [0.4, 0.5) is 11.5 Å². The Kier molecular flexibility index (Phi) is 6.32. The third kappa shape index (κ3) is 4.48. The first kappa shape index (κ1) is 23.3. The van der Waals surface area contributed by atoms with Gasteiger partial charge in [-0.05, 0) is 62.5 Å². The van der Waals surface area contributed by atoms with E-state index in [4.69, 9.17) is 12.2 Å². The van der Waals surface area contributed by atoms with E-state index in [0.717, 1.165) is 9.54 Å². The van der Waals surface area contributed by atoms with Gasteiger partial charge < -0.3 is 10.3 Å². The van der Waals surface area contributed by atoms with Gasteiger partial charge in [-0.2, -0.15) is 0 Å². The number of carbonyl (C=O) groups excluding carboxylic acids is 2. The normalized spacial score (nSPS) is 11.2. The van der Waals surface area contributed by atoms with E-state index < -0.39 is 15.8 Å². The molecule has 0 bridgehead atoms. The summed E-state index contributed by atoms with van der Waals surface area (Å²) in [6, 6.07) is 21.3. The molecule has 0 atom stereocenters. The molecule has 0 fully saturated rings. The number of carbonyl (C=O) groups is 2. The maximum atomic E-state index is 13.6. The zero-order valence-corrected chi connectivity index (χ0v) is 20.0. The molecular formula is C25H21N3O4S2. The number of rotatable bonds is 7. The fourth-order valence-electron chi connectivity index (χ4n) is 3.42. The van der Waals surface area contributed by atoms with Gasteiger partial charge in [-0.3, -0.25) is 9.59 Å². The quantitative estimate of drug-likeness (QED) is 0.270. The number of nitrogens with one attached hydrogen (secondary N) is 2. The zero-order chi connectivity index (χ0) is 24.5. The highest BCUT2D eigenvalue weighted by molar-refractivity contribution is 7.90. The Morgan fingerprint density at radius 3 is 2.09 bits per heavy atom. The Hall–Kier alpha value is -3.82. The van der Waals surface area contributed by atoms with Crippen LogP contribution in [0.1, 0.15) is 38.9 Å².